The van der Waals surface area contributed by atoms with Crippen molar-refractivity contribution in [1.82, 2.24) is 5.32 Å². The Morgan fingerprint density at radius 3 is 2.63 bits per heavy atom. The standard InChI is InChI=1S/C22H22FNO2S/c1-16(26-20-11-10-17-6-2-3-7-18(17)14-20)22(25)24-12-13-27-15-19-8-4-5-9-21(19)23/h2-11,14,16H,12-13,15H2,1H3,(H,24,25). The lowest BCUT2D eigenvalue weighted by Crippen LogP contribution is -2.37. The molecule has 0 aromatic heterocycles. The third kappa shape index (κ3) is 5.47. The van der Waals surface area contributed by atoms with E-state index in [-0.39, 0.29) is 11.7 Å². The van der Waals surface area contributed by atoms with E-state index in [0.29, 0.717) is 29.4 Å². The van der Waals surface area contributed by atoms with Crippen molar-refractivity contribution in [2.24, 2.45) is 0 Å². The molecule has 1 N–H and O–H groups in total. The van der Waals surface area contributed by atoms with Crippen LogP contribution in [0.15, 0.2) is 66.7 Å². The number of hydrogen-bond acceptors (Lipinski definition) is 3. The predicted molar refractivity (Wildman–Crippen MR) is 110 cm³/mol. The van der Waals surface area contributed by atoms with Crippen molar-refractivity contribution >= 4 is 28.4 Å². The van der Waals surface area contributed by atoms with Gasteiger partial charge in [-0.1, -0.05) is 48.5 Å². The van der Waals surface area contributed by atoms with Gasteiger partial charge in [0.15, 0.2) is 6.10 Å². The van der Waals surface area contributed by atoms with Gasteiger partial charge in [0.1, 0.15) is 11.6 Å². The number of ether oxygens (including phenoxy) is 1. The molecule has 27 heavy (non-hydrogen) atoms. The molecule has 140 valence electrons. The van der Waals surface area contributed by atoms with Crippen molar-refractivity contribution in [3.63, 3.8) is 0 Å². The molecule has 0 saturated carbocycles. The van der Waals surface area contributed by atoms with Gasteiger partial charge in [-0.2, -0.15) is 11.8 Å². The minimum Gasteiger partial charge on any atom is -0.481 e. The van der Waals surface area contributed by atoms with Gasteiger partial charge in [0.2, 0.25) is 0 Å². The molecule has 0 heterocycles. The zero-order valence-corrected chi connectivity index (χ0v) is 16.0. The number of fused-ring (bicyclic) bond motifs is 1. The molecular formula is C22H22FNO2S. The fourth-order valence-electron chi connectivity index (χ4n) is 2.69. The second-order valence-electron chi connectivity index (χ2n) is 6.20. The number of nitrogens with one attached hydrogen (secondary N) is 1. The lowest BCUT2D eigenvalue weighted by molar-refractivity contribution is -0.127. The Labute approximate surface area is 162 Å². The second-order valence-corrected chi connectivity index (χ2v) is 7.31. The third-order valence-electron chi connectivity index (χ3n) is 4.16. The van der Waals surface area contributed by atoms with Gasteiger partial charge in [0.05, 0.1) is 0 Å². The highest BCUT2D eigenvalue weighted by Gasteiger charge is 2.14. The van der Waals surface area contributed by atoms with Gasteiger partial charge in [-0.25, -0.2) is 4.39 Å². The maximum absolute atomic E-state index is 13.5. The second kappa shape index (κ2) is 9.42. The van der Waals surface area contributed by atoms with Crippen LogP contribution < -0.4 is 10.1 Å². The molecule has 0 spiro atoms. The Kier molecular flexibility index (Phi) is 6.71. The third-order valence-corrected chi connectivity index (χ3v) is 5.17. The first-order chi connectivity index (χ1) is 13.1. The molecule has 0 aliphatic heterocycles. The van der Waals surface area contributed by atoms with E-state index in [0.717, 1.165) is 10.8 Å². The lowest BCUT2D eigenvalue weighted by atomic mass is 10.1. The Balaban J connectivity index is 1.41. The number of halogens is 1. The van der Waals surface area contributed by atoms with Crippen molar-refractivity contribution in [3.8, 4) is 5.75 Å². The van der Waals surface area contributed by atoms with E-state index in [4.69, 9.17) is 4.74 Å². The summed E-state index contributed by atoms with van der Waals surface area (Å²) in [6, 6.07) is 20.5. The summed E-state index contributed by atoms with van der Waals surface area (Å²) in [6.45, 7) is 2.25. The number of benzene rings is 3. The zero-order valence-electron chi connectivity index (χ0n) is 15.2. The van der Waals surface area contributed by atoms with E-state index in [1.807, 2.05) is 48.5 Å². The lowest BCUT2D eigenvalue weighted by Gasteiger charge is -2.15. The Morgan fingerprint density at radius 2 is 1.81 bits per heavy atom. The normalized spacial score (nSPS) is 11.9. The summed E-state index contributed by atoms with van der Waals surface area (Å²) in [7, 11) is 0. The highest BCUT2D eigenvalue weighted by Crippen LogP contribution is 2.21. The number of rotatable bonds is 8. The van der Waals surface area contributed by atoms with E-state index in [1.165, 1.54) is 6.07 Å². The molecule has 3 aromatic carbocycles. The molecular weight excluding hydrogens is 361 g/mol. The van der Waals surface area contributed by atoms with Crippen LogP contribution in [0.1, 0.15) is 12.5 Å². The van der Waals surface area contributed by atoms with Crippen LogP contribution in [-0.4, -0.2) is 24.3 Å². The van der Waals surface area contributed by atoms with Crippen LogP contribution in [0.5, 0.6) is 5.75 Å². The monoisotopic (exact) mass is 383 g/mol. The van der Waals surface area contributed by atoms with Crippen LogP contribution >= 0.6 is 11.8 Å². The molecule has 3 rings (SSSR count). The number of amides is 1. The van der Waals surface area contributed by atoms with Gasteiger partial charge >= 0.3 is 0 Å². The van der Waals surface area contributed by atoms with Crippen LogP contribution in [0.4, 0.5) is 4.39 Å². The predicted octanol–water partition coefficient (Wildman–Crippen LogP) is 4.80. The summed E-state index contributed by atoms with van der Waals surface area (Å²) in [5.41, 5.74) is 0.682. The summed E-state index contributed by atoms with van der Waals surface area (Å²) >= 11 is 1.58. The Bertz CT molecular complexity index is 915. The zero-order chi connectivity index (χ0) is 19.1. The van der Waals surface area contributed by atoms with E-state index in [9.17, 15) is 9.18 Å². The van der Waals surface area contributed by atoms with Gasteiger partial charge in [-0.15, -0.1) is 0 Å². The first-order valence-corrected chi connectivity index (χ1v) is 10.0. The first-order valence-electron chi connectivity index (χ1n) is 8.88. The van der Waals surface area contributed by atoms with Gasteiger partial charge in [-0.05, 0) is 41.5 Å². The van der Waals surface area contributed by atoms with Gasteiger partial charge in [0.25, 0.3) is 5.91 Å². The van der Waals surface area contributed by atoms with Crippen LogP contribution in [0.2, 0.25) is 0 Å². The van der Waals surface area contributed by atoms with Crippen molar-refractivity contribution in [2.75, 3.05) is 12.3 Å². The molecule has 3 nitrogen and oxygen atoms in total. The summed E-state index contributed by atoms with van der Waals surface area (Å²) in [4.78, 5) is 12.2. The van der Waals surface area contributed by atoms with Crippen molar-refractivity contribution < 1.29 is 13.9 Å². The smallest absolute Gasteiger partial charge is 0.260 e. The fraction of sp³-hybridized carbons (Fsp3) is 0.227. The molecule has 1 amide bonds. The molecule has 5 heteroatoms. The summed E-state index contributed by atoms with van der Waals surface area (Å²) < 4.78 is 19.3. The molecule has 0 aliphatic rings. The van der Waals surface area contributed by atoms with E-state index in [1.54, 1.807) is 30.8 Å². The minimum absolute atomic E-state index is 0.158. The maximum Gasteiger partial charge on any atom is 0.260 e. The number of carbonyl (C=O) groups is 1. The molecule has 0 fully saturated rings. The summed E-state index contributed by atoms with van der Waals surface area (Å²) in [6.07, 6.45) is -0.581. The van der Waals surface area contributed by atoms with Crippen LogP contribution in [0.3, 0.4) is 0 Å². The fourth-order valence-corrected chi connectivity index (χ4v) is 3.53. The quantitative estimate of drug-likeness (QED) is 0.568. The highest BCUT2D eigenvalue weighted by molar-refractivity contribution is 7.98. The summed E-state index contributed by atoms with van der Waals surface area (Å²) in [5, 5.41) is 5.07. The van der Waals surface area contributed by atoms with Crippen molar-refractivity contribution in [2.45, 2.75) is 18.8 Å². The SMILES string of the molecule is CC(Oc1ccc2ccccc2c1)C(=O)NCCSCc1ccccc1F. The first kappa shape index (κ1) is 19.2. The van der Waals surface area contributed by atoms with Gasteiger partial charge < -0.3 is 10.1 Å². The molecule has 0 bridgehead atoms. The summed E-state index contributed by atoms with van der Waals surface area (Å²) in [5.74, 6) is 1.63. The van der Waals surface area contributed by atoms with Gasteiger partial charge in [0, 0.05) is 18.1 Å². The molecule has 1 unspecified atom stereocenters. The Hall–Kier alpha value is -2.53. The highest BCUT2D eigenvalue weighted by atomic mass is 32.2. The minimum atomic E-state index is -0.581. The molecule has 1 atom stereocenters. The molecule has 3 aromatic rings. The van der Waals surface area contributed by atoms with E-state index < -0.39 is 6.10 Å². The molecule has 0 radical (unpaired) electrons. The average Bonchev–Trinajstić information content (AvgIpc) is 2.68. The van der Waals surface area contributed by atoms with Gasteiger partial charge in [-0.3, -0.25) is 4.79 Å². The molecule has 0 saturated heterocycles. The Morgan fingerprint density at radius 1 is 1.07 bits per heavy atom. The van der Waals surface area contributed by atoms with Crippen molar-refractivity contribution in [1.29, 1.82) is 0 Å². The van der Waals surface area contributed by atoms with Crippen LogP contribution in [0.25, 0.3) is 10.8 Å². The van der Waals surface area contributed by atoms with Crippen LogP contribution in [0, 0.1) is 5.82 Å². The number of carbonyl (C=O) groups excluding carboxylic acids is 1. The topological polar surface area (TPSA) is 38.3 Å². The molecule has 0 aliphatic carbocycles. The number of thioether (sulfide) groups is 1. The van der Waals surface area contributed by atoms with Crippen molar-refractivity contribution in [3.05, 3.63) is 78.1 Å². The van der Waals surface area contributed by atoms with Crippen LogP contribution in [-0.2, 0) is 10.5 Å². The maximum atomic E-state index is 13.5. The van der Waals surface area contributed by atoms with E-state index in [2.05, 4.69) is 5.32 Å². The average molecular weight is 383 g/mol. The number of hydrogen-bond donors (Lipinski definition) is 1. The largest absolute Gasteiger partial charge is 0.481 e. The van der Waals surface area contributed by atoms with E-state index >= 15 is 0 Å².